The van der Waals surface area contributed by atoms with E-state index in [0.29, 0.717) is 24.7 Å². The number of hydrogen-bond acceptors (Lipinski definition) is 8. The average molecular weight is 518 g/mol. The Morgan fingerprint density at radius 3 is 2.46 bits per heavy atom. The zero-order chi connectivity index (χ0) is 25.1. The number of aromatic nitrogens is 2. The van der Waals surface area contributed by atoms with Crippen molar-refractivity contribution < 1.29 is 13.1 Å². The number of hydroxylamine groups is 3. The minimum atomic E-state index is -3.68. The van der Waals surface area contributed by atoms with Gasteiger partial charge in [0.15, 0.2) is 5.82 Å². The maximum Gasteiger partial charge on any atom is 0.242 e. The number of nitrogens with one attached hydrogen (secondary N) is 3. The molecule has 0 atom stereocenters. The van der Waals surface area contributed by atoms with E-state index in [-0.39, 0.29) is 20.4 Å². The molecule has 1 saturated heterocycles. The van der Waals surface area contributed by atoms with Crippen LogP contribution in [0.25, 0.3) is 0 Å². The fourth-order valence-corrected chi connectivity index (χ4v) is 4.75. The number of hydrogen-bond donors (Lipinski definition) is 3. The van der Waals surface area contributed by atoms with Gasteiger partial charge in [0.05, 0.1) is 32.0 Å². The van der Waals surface area contributed by atoms with Crippen LogP contribution < -0.4 is 15.4 Å². The first-order valence-electron chi connectivity index (χ1n) is 11.1. The zero-order valence-corrected chi connectivity index (χ0v) is 21.1. The van der Waals surface area contributed by atoms with Gasteiger partial charge in [-0.15, -0.1) is 0 Å². The summed E-state index contributed by atoms with van der Waals surface area (Å²) in [5.74, 6) is 0.579. The van der Waals surface area contributed by atoms with Crippen molar-refractivity contribution >= 4 is 44.8 Å². The number of piperazine rings is 1. The maximum absolute atomic E-state index is 12.3. The number of sulfonamides is 1. The van der Waals surface area contributed by atoms with E-state index in [0.717, 1.165) is 30.9 Å². The quantitative estimate of drug-likeness (QED) is 0.307. The highest BCUT2D eigenvalue weighted by Gasteiger charge is 2.21. The highest BCUT2D eigenvalue weighted by atomic mass is 35.5. The van der Waals surface area contributed by atoms with Crippen molar-refractivity contribution in [1.29, 1.82) is 0 Å². The molecule has 0 radical (unpaired) electrons. The molecular formula is C23H28ClN7O3S. The number of benzene rings is 2. The number of para-hydroxylation sites is 1. The number of halogens is 1. The first-order valence-corrected chi connectivity index (χ1v) is 13.0. The molecule has 1 aliphatic rings. The Morgan fingerprint density at radius 1 is 1.09 bits per heavy atom. The summed E-state index contributed by atoms with van der Waals surface area (Å²) >= 11 is 6.27. The van der Waals surface area contributed by atoms with Gasteiger partial charge >= 0.3 is 0 Å². The lowest BCUT2D eigenvalue weighted by Crippen LogP contribution is -2.53. The first kappa shape index (κ1) is 25.3. The van der Waals surface area contributed by atoms with Crippen LogP contribution in [0.2, 0.25) is 5.02 Å². The standard InChI is InChI=1S/C23H28ClN7O3S/c1-25-35(33,34)21-6-4-3-5-20(21)28-22-19(24)15-26-23(29-22)27-18-9-7-17(8-10-18)16-30-11-13-31(2,32)14-12-30/h3-10,15,25H,11-14,16H2,1-2H3,(H2,26,27,28,29). The number of nitrogens with zero attached hydrogens (tertiary/aromatic N) is 4. The van der Waals surface area contributed by atoms with Crippen molar-refractivity contribution in [3.8, 4) is 0 Å². The van der Waals surface area contributed by atoms with Crippen LogP contribution in [0.15, 0.2) is 59.6 Å². The fourth-order valence-electron chi connectivity index (χ4n) is 3.73. The molecule has 1 aliphatic heterocycles. The molecule has 2 aromatic carbocycles. The molecule has 0 spiro atoms. The molecule has 1 fully saturated rings. The van der Waals surface area contributed by atoms with E-state index < -0.39 is 10.0 Å². The van der Waals surface area contributed by atoms with Crippen LogP contribution in [0.5, 0.6) is 0 Å². The van der Waals surface area contributed by atoms with Gasteiger partial charge in [-0.05, 0) is 36.9 Å². The average Bonchev–Trinajstić information content (AvgIpc) is 2.84. The monoisotopic (exact) mass is 517 g/mol. The normalized spacial score (nSPS) is 16.1. The molecule has 12 heteroatoms. The van der Waals surface area contributed by atoms with Crippen molar-refractivity contribution in [2.24, 2.45) is 0 Å². The summed E-state index contributed by atoms with van der Waals surface area (Å²) in [6, 6.07) is 14.4. The van der Waals surface area contributed by atoms with Gasteiger partial charge in [0.25, 0.3) is 0 Å². The number of rotatable bonds is 8. The zero-order valence-electron chi connectivity index (χ0n) is 19.5. The predicted octanol–water partition coefficient (Wildman–Crippen LogP) is 3.29. The second-order valence-electron chi connectivity index (χ2n) is 8.56. The summed E-state index contributed by atoms with van der Waals surface area (Å²) < 4.78 is 26.8. The Balaban J connectivity index is 1.45. The van der Waals surface area contributed by atoms with Gasteiger partial charge in [-0.25, -0.2) is 18.1 Å². The molecule has 0 amide bonds. The van der Waals surface area contributed by atoms with E-state index in [1.807, 2.05) is 24.3 Å². The van der Waals surface area contributed by atoms with Gasteiger partial charge < -0.3 is 20.5 Å². The second-order valence-corrected chi connectivity index (χ2v) is 10.8. The highest BCUT2D eigenvalue weighted by molar-refractivity contribution is 7.89. The van der Waals surface area contributed by atoms with E-state index in [9.17, 15) is 13.6 Å². The van der Waals surface area contributed by atoms with Gasteiger partial charge in [0.2, 0.25) is 16.0 Å². The molecule has 0 aliphatic carbocycles. The molecule has 186 valence electrons. The first-order chi connectivity index (χ1) is 16.6. The van der Waals surface area contributed by atoms with Crippen LogP contribution in [-0.4, -0.2) is 68.2 Å². The largest absolute Gasteiger partial charge is 0.633 e. The van der Waals surface area contributed by atoms with E-state index in [2.05, 4.69) is 30.2 Å². The van der Waals surface area contributed by atoms with E-state index in [1.54, 1.807) is 25.2 Å². The number of anilines is 4. The Morgan fingerprint density at radius 2 is 1.77 bits per heavy atom. The van der Waals surface area contributed by atoms with Crippen LogP contribution in [0.3, 0.4) is 0 Å². The lowest BCUT2D eigenvalue weighted by Gasteiger charge is -2.45. The Hall–Kier alpha value is -2.80. The van der Waals surface area contributed by atoms with Crippen molar-refractivity contribution in [3.05, 3.63) is 70.5 Å². The van der Waals surface area contributed by atoms with Gasteiger partial charge in [0.1, 0.15) is 9.92 Å². The lowest BCUT2D eigenvalue weighted by molar-refractivity contribution is -0.865. The SMILES string of the molecule is CNS(=O)(=O)c1ccccc1Nc1nc(Nc2ccc(CN3CC[N+](C)([O-])CC3)cc2)ncc1Cl. The maximum atomic E-state index is 12.3. The van der Waals surface area contributed by atoms with Gasteiger partial charge in [0, 0.05) is 25.3 Å². The molecular weight excluding hydrogens is 490 g/mol. The summed E-state index contributed by atoms with van der Waals surface area (Å²) in [7, 11) is -0.601. The second kappa shape index (κ2) is 10.4. The van der Waals surface area contributed by atoms with Gasteiger partial charge in [-0.2, -0.15) is 4.98 Å². The van der Waals surface area contributed by atoms with Gasteiger partial charge in [-0.3, -0.25) is 4.90 Å². The molecule has 3 aromatic rings. The van der Waals surface area contributed by atoms with Gasteiger partial charge in [-0.1, -0.05) is 35.9 Å². The summed E-state index contributed by atoms with van der Waals surface area (Å²) in [6.07, 6.45) is 1.45. The lowest BCUT2D eigenvalue weighted by atomic mass is 10.2. The van der Waals surface area contributed by atoms with Crippen molar-refractivity contribution in [1.82, 2.24) is 19.6 Å². The molecule has 1 aromatic heterocycles. The van der Waals surface area contributed by atoms with Crippen molar-refractivity contribution in [3.63, 3.8) is 0 Å². The molecule has 10 nitrogen and oxygen atoms in total. The molecule has 0 saturated carbocycles. The molecule has 3 N–H and O–H groups in total. The van der Waals surface area contributed by atoms with E-state index >= 15 is 0 Å². The molecule has 35 heavy (non-hydrogen) atoms. The molecule has 0 bridgehead atoms. The number of likely N-dealkylation sites (N-methyl/N-ethyl adjacent to an activating group) is 1. The minimum Gasteiger partial charge on any atom is -0.633 e. The third-order valence-corrected chi connectivity index (χ3v) is 7.59. The van der Waals surface area contributed by atoms with Crippen LogP contribution >= 0.6 is 11.6 Å². The predicted molar refractivity (Wildman–Crippen MR) is 137 cm³/mol. The third kappa shape index (κ3) is 6.45. The third-order valence-electron chi connectivity index (χ3n) is 5.84. The van der Waals surface area contributed by atoms with Crippen LogP contribution in [0.1, 0.15) is 5.56 Å². The summed E-state index contributed by atoms with van der Waals surface area (Å²) in [5, 5.41) is 18.4. The van der Waals surface area contributed by atoms with Crippen LogP contribution in [-0.2, 0) is 16.6 Å². The van der Waals surface area contributed by atoms with Crippen LogP contribution in [0, 0.1) is 5.21 Å². The van der Waals surface area contributed by atoms with Crippen LogP contribution in [0.4, 0.5) is 23.1 Å². The Bertz CT molecular complexity index is 1280. The Kier molecular flexibility index (Phi) is 7.55. The highest BCUT2D eigenvalue weighted by Crippen LogP contribution is 2.28. The molecule has 4 rings (SSSR count). The topological polar surface area (TPSA) is 122 Å². The van der Waals surface area contributed by atoms with E-state index in [1.165, 1.54) is 19.3 Å². The minimum absolute atomic E-state index is 0.0785. The smallest absolute Gasteiger partial charge is 0.242 e. The Labute approximate surface area is 210 Å². The van der Waals surface area contributed by atoms with Crippen molar-refractivity contribution in [2.75, 3.05) is 50.9 Å². The summed E-state index contributed by atoms with van der Waals surface area (Å²) in [4.78, 5) is 11.0. The summed E-state index contributed by atoms with van der Waals surface area (Å²) in [6.45, 7) is 3.57. The van der Waals surface area contributed by atoms with E-state index in [4.69, 9.17) is 11.6 Å². The summed E-state index contributed by atoms with van der Waals surface area (Å²) in [5.41, 5.74) is 2.29. The van der Waals surface area contributed by atoms with Crippen molar-refractivity contribution in [2.45, 2.75) is 11.4 Å². The number of quaternary nitrogens is 1. The molecule has 0 unspecified atom stereocenters. The molecule has 2 heterocycles. The fraction of sp³-hybridized carbons (Fsp3) is 0.304.